The van der Waals surface area contributed by atoms with E-state index in [9.17, 15) is 11.0 Å². The third-order valence-corrected chi connectivity index (χ3v) is 11.9. The Hall–Kier alpha value is -9.14. The Kier molecular flexibility index (Phi) is 5.89. The lowest BCUT2D eigenvalue weighted by molar-refractivity contribution is -0.137. The molecule has 0 fully saturated rings. The van der Waals surface area contributed by atoms with Gasteiger partial charge in [-0.3, -0.25) is 0 Å². The monoisotopic (exact) mass is 1010 g/mol. The number of halogens is 6. The van der Waals surface area contributed by atoms with Crippen molar-refractivity contribution in [1.82, 2.24) is 0 Å². The highest BCUT2D eigenvalue weighted by atomic mass is 19.4. The average Bonchev–Trinajstić information content (AvgIpc) is 0.708. The maximum Gasteiger partial charge on any atom is 0.418 e. The summed E-state index contributed by atoms with van der Waals surface area (Å²) in [6.45, 7) is 0. The molecule has 12 aromatic rings. The van der Waals surface area contributed by atoms with Crippen molar-refractivity contribution >= 4 is 66.4 Å². The Balaban J connectivity index is 1.30. The molecule has 0 aromatic heterocycles. The molecule has 0 N–H and O–H groups in total. The summed E-state index contributed by atoms with van der Waals surface area (Å²) in [5.41, 5.74) is -18.2. The van der Waals surface area contributed by atoms with Crippen LogP contribution in [0, 0.1) is 0 Å². The Labute approximate surface area is 465 Å². The van der Waals surface area contributed by atoms with Gasteiger partial charge in [0.05, 0.1) is 75.0 Å². The molecule has 0 bridgehead atoms. The van der Waals surface area contributed by atoms with E-state index in [2.05, 4.69) is 0 Å². The van der Waals surface area contributed by atoms with Crippen LogP contribution in [0.2, 0.25) is 0 Å². The van der Waals surface area contributed by atoms with Gasteiger partial charge in [0.15, 0.2) is 0 Å². The van der Waals surface area contributed by atoms with Gasteiger partial charge in [-0.15, -0.1) is 0 Å². The first-order valence-corrected chi connectivity index (χ1v) is 21.7. The molecule has 358 valence electrons. The zero-order chi connectivity index (χ0) is 76.7. The number of hydrogen-bond donors (Lipinski definition) is 0. The molecular formula is C66H42F6N2. The Bertz CT molecular complexity index is 5300. The van der Waals surface area contributed by atoms with Crippen molar-refractivity contribution in [2.24, 2.45) is 0 Å². The van der Waals surface area contributed by atoms with Crippen LogP contribution < -0.4 is 9.80 Å². The second-order valence-corrected chi connectivity index (χ2v) is 16.0. The van der Waals surface area contributed by atoms with E-state index in [1.807, 2.05) is 0 Å². The van der Waals surface area contributed by atoms with Crippen LogP contribution >= 0.6 is 0 Å². The molecule has 74 heavy (non-hydrogen) atoms. The first kappa shape index (κ1) is 23.6. The molecule has 12 aromatic carbocycles. The number of anilines is 6. The second-order valence-electron chi connectivity index (χ2n) is 16.0. The largest absolute Gasteiger partial charge is 0.418 e. The highest BCUT2D eigenvalue weighted by Gasteiger charge is 2.40. The summed E-state index contributed by atoms with van der Waals surface area (Å²) in [4.78, 5) is 0.936. The predicted octanol–water partition coefficient (Wildman–Crippen LogP) is 20.2. The molecule has 0 aliphatic carbocycles. The fraction of sp³-hybridized carbons (Fsp3) is 0.0303. The highest BCUT2D eigenvalue weighted by Crippen LogP contribution is 2.55. The summed E-state index contributed by atoms with van der Waals surface area (Å²) in [7, 11) is 0. The first-order chi connectivity index (χ1) is 48.4. The van der Waals surface area contributed by atoms with Crippen LogP contribution in [0.15, 0.2) is 254 Å². The second kappa shape index (κ2) is 18.5. The number of benzene rings is 12. The van der Waals surface area contributed by atoms with Crippen molar-refractivity contribution in [2.45, 2.75) is 12.4 Å². The van der Waals surface area contributed by atoms with Crippen LogP contribution in [-0.4, -0.2) is 0 Å². The third-order valence-electron chi connectivity index (χ3n) is 11.9. The van der Waals surface area contributed by atoms with Crippen LogP contribution in [0.25, 0.3) is 76.8 Å². The topological polar surface area (TPSA) is 6.48 Å². The van der Waals surface area contributed by atoms with Gasteiger partial charge in [-0.25, -0.2) is 0 Å². The van der Waals surface area contributed by atoms with E-state index in [-0.39, 0.29) is 44.5 Å². The maximum atomic E-state index is 17.0. The van der Waals surface area contributed by atoms with E-state index in [0.717, 1.165) is 12.1 Å². The molecule has 8 heteroatoms. The zero-order valence-corrected chi connectivity index (χ0v) is 37.1. The van der Waals surface area contributed by atoms with Crippen molar-refractivity contribution in [3.8, 4) is 44.5 Å². The lowest BCUT2D eigenvalue weighted by Gasteiger charge is -2.33. The van der Waals surface area contributed by atoms with Gasteiger partial charge < -0.3 is 9.80 Å². The van der Waals surface area contributed by atoms with Crippen molar-refractivity contribution in [1.29, 1.82) is 0 Å². The maximum absolute atomic E-state index is 17.0. The average molecular weight is 1010 g/mol. The van der Waals surface area contributed by atoms with E-state index in [1.54, 1.807) is 0 Å². The van der Waals surface area contributed by atoms with E-state index in [4.69, 9.17) is 30.2 Å². The highest BCUT2D eigenvalue weighted by molar-refractivity contribution is 6.28. The van der Waals surface area contributed by atoms with Gasteiger partial charge in [-0.1, -0.05) is 194 Å². The predicted molar refractivity (Wildman–Crippen MR) is 291 cm³/mol. The van der Waals surface area contributed by atoms with Crippen molar-refractivity contribution in [3.63, 3.8) is 0 Å². The van der Waals surface area contributed by atoms with Gasteiger partial charge in [0.2, 0.25) is 0 Å². The normalized spacial score (nSPS) is 17.6. The summed E-state index contributed by atoms with van der Waals surface area (Å²) in [5.74, 6) is 0. The number of alkyl halides is 6. The fourth-order valence-electron chi connectivity index (χ4n) is 8.99. The van der Waals surface area contributed by atoms with Crippen molar-refractivity contribution in [2.75, 3.05) is 9.80 Å². The van der Waals surface area contributed by atoms with Crippen molar-refractivity contribution in [3.05, 3.63) is 265 Å². The van der Waals surface area contributed by atoms with Gasteiger partial charge in [-0.05, 0) is 115 Å². The van der Waals surface area contributed by atoms with Gasteiger partial charge in [0.25, 0.3) is 0 Å². The Morgan fingerprint density at radius 1 is 0.311 bits per heavy atom. The molecule has 0 saturated heterocycles. The third kappa shape index (κ3) is 8.24. The van der Waals surface area contributed by atoms with Gasteiger partial charge in [0, 0.05) is 33.3 Å². The lowest BCUT2D eigenvalue weighted by atomic mass is 9.89. The smallest absolute Gasteiger partial charge is 0.309 e. The molecule has 0 heterocycles. The molecule has 0 aliphatic heterocycles. The number of hydrogen-bond acceptors (Lipinski definition) is 2. The van der Waals surface area contributed by atoms with Gasteiger partial charge in [0.1, 0.15) is 0 Å². The van der Waals surface area contributed by atoms with Crippen LogP contribution in [0.5, 0.6) is 0 Å². The molecule has 0 amide bonds. The minimum Gasteiger partial charge on any atom is -0.309 e. The van der Waals surface area contributed by atoms with Gasteiger partial charge in [-0.2, -0.15) is 26.3 Å². The van der Waals surface area contributed by atoms with E-state index >= 15 is 26.3 Å². The summed E-state index contributed by atoms with van der Waals surface area (Å²) in [6.07, 6.45) is -11.7. The molecule has 12 rings (SSSR count). The molecule has 0 aliphatic rings. The van der Waals surface area contributed by atoms with E-state index < -0.39 is 283 Å². The molecule has 0 atom stereocenters. The van der Waals surface area contributed by atoms with Crippen molar-refractivity contribution < 1.29 is 67.5 Å². The Morgan fingerprint density at radius 3 is 0.932 bits per heavy atom. The first-order valence-electron chi connectivity index (χ1n) is 36.7. The zero-order valence-electron chi connectivity index (χ0n) is 67.1. The van der Waals surface area contributed by atoms with Crippen LogP contribution in [0.3, 0.4) is 0 Å². The number of para-hydroxylation sites is 2. The molecule has 0 saturated carbocycles. The van der Waals surface area contributed by atoms with Gasteiger partial charge >= 0.3 is 12.4 Å². The number of rotatable bonds is 10. The SMILES string of the molecule is [2H]c1c([2H])c([2H])c(-c2cc(-c3c([2H])c([2H])c([2H])c([2H])c3[2H])c(N(c3c([2H])c([2H])c([2H])c([2H])c3[2H])c3ccc4ccc5c(N(c6c(-c7c([2H])c([2H])c([2H])c([2H])c7[2H])cc(-c7c([2H])c([2H])c([2H])c([2H])c7[2H])cc6C(F)(F)F)c6c([2H])c([2H])c([2H])c([2H])c6[2H])ccc6ccc3c4c65)c(C(F)(F)F)c2)c([2H])c1[2H]. The minimum absolute atomic E-state index is 0.0616. The fourth-order valence-corrected chi connectivity index (χ4v) is 8.99. The standard InChI is InChI=1S/C66H42F6N2/c67-65(68,69)57-41-49(43-19-7-1-8-20-43)39-55(45-23-11-3-12-24-45)63(57)73(51-27-15-5-16-28-51)59-37-33-47-32-36-54-60(38-34-48-31-35-53(59)61(47)62(48)54)74(52-29-17-6-18-30-52)64-56(46-25-13-4-14-26-46)40-50(42-58(64)66(70,71)72)44-21-9-2-10-22-44/h1-42H/i1D,2D,3D,4D,5D,6D,7D,8D,9D,10D,11D,12D,13D,14D,15D,16D,17D,18D,19D,20D,21D,22D,23D,24D,25D,26D,27D,28D,29D,30D. The van der Waals surface area contributed by atoms with E-state index in [0.29, 0.717) is 21.9 Å². The molecule has 0 unspecified atom stereocenters. The molecule has 0 spiro atoms. The molecule has 0 radical (unpaired) electrons. The summed E-state index contributed by atoms with van der Waals surface area (Å²) in [5, 5.41) is -0.854. The van der Waals surface area contributed by atoms with Crippen LogP contribution in [-0.2, 0) is 12.4 Å². The van der Waals surface area contributed by atoms with E-state index in [1.165, 1.54) is 36.4 Å². The van der Waals surface area contributed by atoms with Crippen LogP contribution in [0.4, 0.5) is 60.5 Å². The summed E-state index contributed by atoms with van der Waals surface area (Å²) >= 11 is 0. The summed E-state index contributed by atoms with van der Waals surface area (Å²) in [6, 6.07) is -22.6. The lowest BCUT2D eigenvalue weighted by Crippen LogP contribution is -2.19. The van der Waals surface area contributed by atoms with Crippen LogP contribution in [0.1, 0.15) is 52.2 Å². The summed E-state index contributed by atoms with van der Waals surface area (Å²) < 4.78 is 368. The molecule has 2 nitrogen and oxygen atoms in total. The molecular weight excluding hydrogens is 935 g/mol. The quantitative estimate of drug-likeness (QED) is 0.0995. The number of nitrogens with zero attached hydrogens (tertiary/aromatic N) is 2. The Morgan fingerprint density at radius 2 is 0.608 bits per heavy atom. The minimum atomic E-state index is -5.83.